The number of ether oxygens (including phenoxy) is 1. The molecule has 16 heavy (non-hydrogen) atoms. The Morgan fingerprint density at radius 1 is 1.38 bits per heavy atom. The molecule has 4 nitrogen and oxygen atoms in total. The summed E-state index contributed by atoms with van der Waals surface area (Å²) < 4.78 is 5.10. The van der Waals surface area contributed by atoms with Gasteiger partial charge in [-0.1, -0.05) is 18.2 Å². The lowest BCUT2D eigenvalue weighted by molar-refractivity contribution is 0.188. The number of hydrogen-bond donors (Lipinski definition) is 2. The van der Waals surface area contributed by atoms with Gasteiger partial charge >= 0.3 is 6.09 Å². The number of carbonyl (C=O) groups excluding carboxylic acids is 1. The van der Waals surface area contributed by atoms with Crippen molar-refractivity contribution in [2.45, 2.75) is 32.9 Å². The third kappa shape index (κ3) is 3.90. The second kappa shape index (κ2) is 4.99. The van der Waals surface area contributed by atoms with Gasteiger partial charge in [-0.05, 0) is 26.8 Å². The predicted octanol–water partition coefficient (Wildman–Crippen LogP) is 2.07. The third-order valence-corrected chi connectivity index (χ3v) is 1.82. The third-order valence-electron chi connectivity index (χ3n) is 1.82. The number of hydrogen-bond acceptors (Lipinski definition) is 3. The molecule has 0 atom stereocenters. The summed E-state index contributed by atoms with van der Waals surface area (Å²) in [4.78, 5) is 11.5. The number of aliphatic hydroxyl groups excluding tert-OH is 1. The number of aliphatic hydroxyl groups is 1. The number of para-hydroxylation sites is 1. The van der Waals surface area contributed by atoms with Crippen LogP contribution in [-0.4, -0.2) is 16.7 Å². The molecule has 1 aromatic rings. The number of amides is 1. The normalized spacial score (nSPS) is 11.0. The molecule has 4 heteroatoms. The van der Waals surface area contributed by atoms with Crippen LogP contribution in [0.4, 0.5) is 4.79 Å². The molecule has 1 amide bonds. The maximum absolute atomic E-state index is 11.5. The molecule has 1 aromatic carbocycles. The van der Waals surface area contributed by atoms with Gasteiger partial charge in [0, 0.05) is 11.1 Å². The number of nitrogens with one attached hydrogen (secondary N) is 1. The molecule has 0 spiro atoms. The van der Waals surface area contributed by atoms with E-state index in [1.807, 2.05) is 20.8 Å². The Balaban J connectivity index is 2.70. The Morgan fingerprint density at radius 3 is 2.56 bits per heavy atom. The van der Waals surface area contributed by atoms with Crippen molar-refractivity contribution in [3.05, 3.63) is 29.8 Å². The quantitative estimate of drug-likeness (QED) is 0.806. The summed E-state index contributed by atoms with van der Waals surface area (Å²) in [5.74, 6) is 0.381. The van der Waals surface area contributed by atoms with E-state index < -0.39 is 6.09 Å². The lowest BCUT2D eigenvalue weighted by Gasteiger charge is -2.20. The van der Waals surface area contributed by atoms with Gasteiger partial charge in [0.05, 0.1) is 6.61 Å². The molecular formula is C12H17NO3. The summed E-state index contributed by atoms with van der Waals surface area (Å²) >= 11 is 0. The van der Waals surface area contributed by atoms with Crippen LogP contribution in [0.1, 0.15) is 26.3 Å². The molecule has 0 radical (unpaired) electrons. The first-order valence-corrected chi connectivity index (χ1v) is 5.11. The molecule has 0 aliphatic heterocycles. The summed E-state index contributed by atoms with van der Waals surface area (Å²) in [5.41, 5.74) is 0.247. The highest BCUT2D eigenvalue weighted by Crippen LogP contribution is 2.18. The molecule has 0 aliphatic carbocycles. The summed E-state index contributed by atoms with van der Waals surface area (Å²) in [6.45, 7) is 5.45. The Kier molecular flexibility index (Phi) is 3.90. The van der Waals surface area contributed by atoms with Crippen LogP contribution in [0.15, 0.2) is 24.3 Å². The minimum absolute atomic E-state index is 0.154. The van der Waals surface area contributed by atoms with Crippen molar-refractivity contribution in [3.63, 3.8) is 0 Å². The fourth-order valence-corrected chi connectivity index (χ4v) is 1.17. The van der Waals surface area contributed by atoms with Gasteiger partial charge in [-0.15, -0.1) is 0 Å². The molecule has 0 heterocycles. The van der Waals surface area contributed by atoms with E-state index in [0.717, 1.165) is 0 Å². The highest BCUT2D eigenvalue weighted by molar-refractivity contribution is 5.71. The van der Waals surface area contributed by atoms with Gasteiger partial charge < -0.3 is 15.2 Å². The van der Waals surface area contributed by atoms with Crippen molar-refractivity contribution in [1.29, 1.82) is 0 Å². The van der Waals surface area contributed by atoms with E-state index in [1.165, 1.54) is 0 Å². The molecule has 0 fully saturated rings. The van der Waals surface area contributed by atoms with Crippen LogP contribution in [0.2, 0.25) is 0 Å². The van der Waals surface area contributed by atoms with Crippen LogP contribution in [0.5, 0.6) is 5.75 Å². The zero-order valence-electron chi connectivity index (χ0n) is 9.78. The maximum Gasteiger partial charge on any atom is 0.413 e. The molecule has 0 bridgehead atoms. The molecular weight excluding hydrogens is 206 g/mol. The molecule has 88 valence electrons. The SMILES string of the molecule is CC(C)(C)NC(=O)Oc1ccccc1CO. The van der Waals surface area contributed by atoms with E-state index in [4.69, 9.17) is 9.84 Å². The standard InChI is InChI=1S/C12H17NO3/c1-12(2,3)13-11(15)16-10-7-5-4-6-9(10)8-14/h4-7,14H,8H2,1-3H3,(H,13,15). The zero-order valence-corrected chi connectivity index (χ0v) is 9.78. The predicted molar refractivity (Wildman–Crippen MR) is 61.3 cm³/mol. The van der Waals surface area contributed by atoms with Crippen molar-refractivity contribution in [2.24, 2.45) is 0 Å². The highest BCUT2D eigenvalue weighted by Gasteiger charge is 2.16. The van der Waals surface area contributed by atoms with Crippen molar-refractivity contribution in [2.75, 3.05) is 0 Å². The lowest BCUT2D eigenvalue weighted by Crippen LogP contribution is -2.42. The Hall–Kier alpha value is -1.55. The molecule has 1 rings (SSSR count). The van der Waals surface area contributed by atoms with E-state index >= 15 is 0 Å². The van der Waals surface area contributed by atoms with Crippen molar-refractivity contribution < 1.29 is 14.6 Å². The van der Waals surface area contributed by atoms with Crippen LogP contribution in [0, 0.1) is 0 Å². The molecule has 0 aromatic heterocycles. The average Bonchev–Trinajstić information content (AvgIpc) is 2.15. The van der Waals surface area contributed by atoms with E-state index in [9.17, 15) is 4.79 Å². The van der Waals surface area contributed by atoms with Gasteiger partial charge in [0.1, 0.15) is 5.75 Å². The van der Waals surface area contributed by atoms with E-state index in [1.54, 1.807) is 24.3 Å². The first-order valence-electron chi connectivity index (χ1n) is 5.11. The molecule has 0 saturated carbocycles. The number of benzene rings is 1. The molecule has 0 saturated heterocycles. The lowest BCUT2D eigenvalue weighted by atomic mass is 10.1. The van der Waals surface area contributed by atoms with E-state index in [-0.39, 0.29) is 12.1 Å². The van der Waals surface area contributed by atoms with Gasteiger partial charge in [0.15, 0.2) is 0 Å². The first kappa shape index (κ1) is 12.5. The number of carbonyl (C=O) groups is 1. The second-order valence-corrected chi connectivity index (χ2v) is 4.53. The van der Waals surface area contributed by atoms with Gasteiger partial charge in [0.25, 0.3) is 0 Å². The molecule has 2 N–H and O–H groups in total. The first-order chi connectivity index (χ1) is 7.42. The van der Waals surface area contributed by atoms with E-state index in [2.05, 4.69) is 5.32 Å². The molecule has 0 aliphatic rings. The van der Waals surface area contributed by atoms with Crippen LogP contribution >= 0.6 is 0 Å². The summed E-state index contributed by atoms with van der Waals surface area (Å²) in [6, 6.07) is 6.88. The fraction of sp³-hybridized carbons (Fsp3) is 0.417. The van der Waals surface area contributed by atoms with Crippen molar-refractivity contribution >= 4 is 6.09 Å². The minimum Gasteiger partial charge on any atom is -0.410 e. The van der Waals surface area contributed by atoms with E-state index in [0.29, 0.717) is 11.3 Å². The summed E-state index contributed by atoms with van der Waals surface area (Å²) in [7, 11) is 0. The number of rotatable bonds is 2. The van der Waals surface area contributed by atoms with Gasteiger partial charge in [0.2, 0.25) is 0 Å². The second-order valence-electron chi connectivity index (χ2n) is 4.53. The monoisotopic (exact) mass is 223 g/mol. The zero-order chi connectivity index (χ0) is 12.2. The van der Waals surface area contributed by atoms with Gasteiger partial charge in [-0.2, -0.15) is 0 Å². The van der Waals surface area contributed by atoms with Crippen molar-refractivity contribution in [3.8, 4) is 5.75 Å². The topological polar surface area (TPSA) is 58.6 Å². The van der Waals surface area contributed by atoms with Gasteiger partial charge in [-0.25, -0.2) is 4.79 Å². The maximum atomic E-state index is 11.5. The largest absolute Gasteiger partial charge is 0.413 e. The van der Waals surface area contributed by atoms with Crippen LogP contribution in [0.25, 0.3) is 0 Å². The highest BCUT2D eigenvalue weighted by atomic mass is 16.6. The smallest absolute Gasteiger partial charge is 0.410 e. The molecule has 0 unspecified atom stereocenters. The summed E-state index contributed by atoms with van der Waals surface area (Å²) in [6.07, 6.45) is -0.520. The minimum atomic E-state index is -0.520. The fourth-order valence-electron chi connectivity index (χ4n) is 1.17. The van der Waals surface area contributed by atoms with Gasteiger partial charge in [-0.3, -0.25) is 0 Å². The van der Waals surface area contributed by atoms with Crippen molar-refractivity contribution in [1.82, 2.24) is 5.32 Å². The van der Waals surface area contributed by atoms with Crippen LogP contribution in [-0.2, 0) is 6.61 Å². The van der Waals surface area contributed by atoms with Crippen LogP contribution < -0.4 is 10.1 Å². The Bertz CT molecular complexity index is 369. The Morgan fingerprint density at radius 2 is 2.00 bits per heavy atom. The summed E-state index contributed by atoms with van der Waals surface area (Å²) in [5, 5.41) is 11.7. The van der Waals surface area contributed by atoms with Crippen LogP contribution in [0.3, 0.4) is 0 Å². The average molecular weight is 223 g/mol. The Labute approximate surface area is 95.2 Å².